The van der Waals surface area contributed by atoms with E-state index in [0.29, 0.717) is 5.56 Å². The Morgan fingerprint density at radius 2 is 2.29 bits per heavy atom. The Kier molecular flexibility index (Phi) is 2.45. The molecule has 0 atom stereocenters. The zero-order valence-electron chi connectivity index (χ0n) is 7.11. The van der Waals surface area contributed by atoms with Crippen molar-refractivity contribution < 1.29 is 9.21 Å². The van der Waals surface area contributed by atoms with Crippen LogP contribution in [0.4, 0.5) is 0 Å². The number of aromatic nitrogens is 1. The van der Waals surface area contributed by atoms with Crippen LogP contribution < -0.4 is 0 Å². The molecule has 0 bridgehead atoms. The van der Waals surface area contributed by atoms with Crippen LogP contribution in [0.5, 0.6) is 0 Å². The highest BCUT2D eigenvalue weighted by Gasteiger charge is 2.12. The quantitative estimate of drug-likeness (QED) is 0.771. The van der Waals surface area contributed by atoms with E-state index in [0.717, 1.165) is 4.47 Å². The summed E-state index contributed by atoms with van der Waals surface area (Å²) >= 11 is 3.29. The topological polar surface area (TPSA) is 43.1 Å². The number of hydrogen-bond donors (Lipinski definition) is 0. The van der Waals surface area contributed by atoms with E-state index in [2.05, 4.69) is 20.9 Å². The third-order valence-electron chi connectivity index (χ3n) is 1.71. The number of nitrogens with zero attached hydrogens (tertiary/aromatic N) is 1. The number of hydrogen-bond acceptors (Lipinski definition) is 3. The summed E-state index contributed by atoms with van der Waals surface area (Å²) in [6.45, 7) is 0. The third kappa shape index (κ3) is 1.75. The molecule has 0 saturated heterocycles. The summed E-state index contributed by atoms with van der Waals surface area (Å²) in [6, 6.07) is 7.09. The minimum atomic E-state index is -0.212. The SMILES string of the molecule is O=C(c1cccc(Br)c1)c1ncco1. The molecule has 0 spiro atoms. The molecule has 0 aliphatic heterocycles. The molecule has 2 aromatic rings. The summed E-state index contributed by atoms with van der Waals surface area (Å²) in [6.07, 6.45) is 2.83. The molecule has 0 saturated carbocycles. The lowest BCUT2D eigenvalue weighted by atomic mass is 10.1. The highest BCUT2D eigenvalue weighted by molar-refractivity contribution is 9.10. The summed E-state index contributed by atoms with van der Waals surface area (Å²) in [5.41, 5.74) is 0.557. The first-order chi connectivity index (χ1) is 6.77. The molecule has 1 heterocycles. The minimum Gasteiger partial charge on any atom is -0.442 e. The number of oxazole rings is 1. The highest BCUT2D eigenvalue weighted by Crippen LogP contribution is 2.14. The van der Waals surface area contributed by atoms with Gasteiger partial charge >= 0.3 is 0 Å². The molecular formula is C10H6BrNO2. The van der Waals surface area contributed by atoms with Gasteiger partial charge in [-0.05, 0) is 12.1 Å². The lowest BCUT2D eigenvalue weighted by molar-refractivity contribution is 0.100. The smallest absolute Gasteiger partial charge is 0.268 e. The first kappa shape index (κ1) is 9.15. The van der Waals surface area contributed by atoms with Crippen LogP contribution in [0, 0.1) is 0 Å². The molecule has 0 fully saturated rings. The first-order valence-corrected chi connectivity index (χ1v) is 4.76. The Labute approximate surface area is 88.9 Å². The fraction of sp³-hybridized carbons (Fsp3) is 0. The van der Waals surface area contributed by atoms with E-state index in [1.807, 2.05) is 6.07 Å². The molecule has 14 heavy (non-hydrogen) atoms. The van der Waals surface area contributed by atoms with E-state index in [1.54, 1.807) is 18.2 Å². The van der Waals surface area contributed by atoms with Crippen molar-refractivity contribution in [1.29, 1.82) is 0 Å². The van der Waals surface area contributed by atoms with E-state index in [9.17, 15) is 4.79 Å². The van der Waals surface area contributed by atoms with Gasteiger partial charge in [0, 0.05) is 10.0 Å². The molecule has 0 radical (unpaired) electrons. The maximum absolute atomic E-state index is 11.7. The van der Waals surface area contributed by atoms with Gasteiger partial charge in [-0.2, -0.15) is 0 Å². The predicted molar refractivity (Wildman–Crippen MR) is 54.1 cm³/mol. The molecule has 0 aliphatic rings. The van der Waals surface area contributed by atoms with Gasteiger partial charge in [-0.15, -0.1) is 0 Å². The van der Waals surface area contributed by atoms with Crippen molar-refractivity contribution in [2.45, 2.75) is 0 Å². The molecule has 1 aromatic heterocycles. The Morgan fingerprint density at radius 1 is 1.43 bits per heavy atom. The van der Waals surface area contributed by atoms with Crippen molar-refractivity contribution in [2.75, 3.05) is 0 Å². The van der Waals surface area contributed by atoms with Gasteiger partial charge in [0.25, 0.3) is 5.89 Å². The molecule has 3 nitrogen and oxygen atoms in total. The lowest BCUT2D eigenvalue weighted by Gasteiger charge is -1.96. The maximum Gasteiger partial charge on any atom is 0.268 e. The number of rotatable bonds is 2. The second kappa shape index (κ2) is 3.75. The van der Waals surface area contributed by atoms with Crippen LogP contribution in [0.15, 0.2) is 45.6 Å². The number of halogens is 1. The monoisotopic (exact) mass is 251 g/mol. The zero-order chi connectivity index (χ0) is 9.97. The molecule has 0 amide bonds. The first-order valence-electron chi connectivity index (χ1n) is 3.97. The second-order valence-corrected chi connectivity index (χ2v) is 3.59. The third-order valence-corrected chi connectivity index (χ3v) is 2.21. The molecule has 2 rings (SSSR count). The van der Waals surface area contributed by atoms with Gasteiger partial charge in [-0.3, -0.25) is 4.79 Å². The van der Waals surface area contributed by atoms with E-state index >= 15 is 0 Å². The van der Waals surface area contributed by atoms with Gasteiger partial charge in [0.2, 0.25) is 5.78 Å². The van der Waals surface area contributed by atoms with Crippen molar-refractivity contribution in [3.8, 4) is 0 Å². The number of benzene rings is 1. The van der Waals surface area contributed by atoms with Gasteiger partial charge in [-0.1, -0.05) is 28.1 Å². The van der Waals surface area contributed by atoms with Crippen LogP contribution in [0.1, 0.15) is 16.2 Å². The summed E-state index contributed by atoms with van der Waals surface area (Å²) in [5, 5.41) is 0. The molecular weight excluding hydrogens is 246 g/mol. The number of carbonyl (C=O) groups excluding carboxylic acids is 1. The van der Waals surface area contributed by atoms with E-state index in [-0.39, 0.29) is 11.7 Å². The molecule has 1 aromatic carbocycles. The highest BCUT2D eigenvalue weighted by atomic mass is 79.9. The van der Waals surface area contributed by atoms with Crippen molar-refractivity contribution in [3.63, 3.8) is 0 Å². The molecule has 0 aliphatic carbocycles. The normalized spacial score (nSPS) is 10.1. The lowest BCUT2D eigenvalue weighted by Crippen LogP contribution is -2.00. The van der Waals surface area contributed by atoms with E-state index in [1.165, 1.54) is 12.5 Å². The molecule has 0 unspecified atom stereocenters. The van der Waals surface area contributed by atoms with Gasteiger partial charge < -0.3 is 4.42 Å². The van der Waals surface area contributed by atoms with Crippen LogP contribution in [0.2, 0.25) is 0 Å². The summed E-state index contributed by atoms with van der Waals surface area (Å²) < 4.78 is 5.77. The number of carbonyl (C=O) groups is 1. The molecule has 70 valence electrons. The van der Waals surface area contributed by atoms with Gasteiger partial charge in [0.15, 0.2) is 0 Å². The van der Waals surface area contributed by atoms with Crippen molar-refractivity contribution >= 4 is 21.7 Å². The average molecular weight is 252 g/mol. The van der Waals surface area contributed by atoms with Crippen molar-refractivity contribution in [2.24, 2.45) is 0 Å². The molecule has 0 N–H and O–H groups in total. The average Bonchev–Trinajstić information content (AvgIpc) is 2.69. The largest absolute Gasteiger partial charge is 0.442 e. The zero-order valence-corrected chi connectivity index (χ0v) is 8.69. The second-order valence-electron chi connectivity index (χ2n) is 2.68. The van der Waals surface area contributed by atoms with E-state index in [4.69, 9.17) is 4.42 Å². The van der Waals surface area contributed by atoms with Gasteiger partial charge in [-0.25, -0.2) is 4.98 Å². The van der Waals surface area contributed by atoms with Gasteiger partial charge in [0.05, 0.1) is 6.20 Å². The maximum atomic E-state index is 11.7. The summed E-state index contributed by atoms with van der Waals surface area (Å²) in [7, 11) is 0. The Bertz CT molecular complexity index is 451. The standard InChI is InChI=1S/C10H6BrNO2/c11-8-3-1-2-7(6-8)9(13)10-12-4-5-14-10/h1-6H. The van der Waals surface area contributed by atoms with Crippen LogP contribution in [0.3, 0.4) is 0 Å². The van der Waals surface area contributed by atoms with Crippen molar-refractivity contribution in [3.05, 3.63) is 52.7 Å². The van der Waals surface area contributed by atoms with E-state index < -0.39 is 0 Å². The minimum absolute atomic E-state index is 0.114. The fourth-order valence-electron chi connectivity index (χ4n) is 1.09. The van der Waals surface area contributed by atoms with Gasteiger partial charge in [0.1, 0.15) is 6.26 Å². The van der Waals surface area contributed by atoms with Crippen LogP contribution in [0.25, 0.3) is 0 Å². The number of ketones is 1. The fourth-order valence-corrected chi connectivity index (χ4v) is 1.49. The molecule has 4 heteroatoms. The Hall–Kier alpha value is -1.42. The predicted octanol–water partition coefficient (Wildman–Crippen LogP) is 2.67. The Balaban J connectivity index is 2.37. The Morgan fingerprint density at radius 3 is 2.93 bits per heavy atom. The van der Waals surface area contributed by atoms with Crippen molar-refractivity contribution in [1.82, 2.24) is 4.98 Å². The van der Waals surface area contributed by atoms with Crippen LogP contribution >= 0.6 is 15.9 Å². The summed E-state index contributed by atoms with van der Waals surface area (Å²) in [5.74, 6) is -0.0978. The summed E-state index contributed by atoms with van der Waals surface area (Å²) in [4.78, 5) is 15.5. The van der Waals surface area contributed by atoms with Crippen LogP contribution in [-0.2, 0) is 0 Å². The van der Waals surface area contributed by atoms with Crippen LogP contribution in [-0.4, -0.2) is 10.8 Å².